The molecule has 1 heterocycles. The molecular formula is C14H19NO2S. The molecule has 1 aromatic rings. The van der Waals surface area contributed by atoms with Gasteiger partial charge in [0.05, 0.1) is 7.11 Å². The molecule has 98 valence electrons. The van der Waals surface area contributed by atoms with E-state index >= 15 is 0 Å². The highest BCUT2D eigenvalue weighted by molar-refractivity contribution is 7.98. The Kier molecular flexibility index (Phi) is 4.66. The molecule has 1 aliphatic heterocycles. The zero-order valence-electron chi connectivity index (χ0n) is 10.9. The normalized spacial score (nSPS) is 20.0. The largest absolute Gasteiger partial charge is 0.468 e. The molecule has 1 fully saturated rings. The van der Waals surface area contributed by atoms with E-state index in [0.717, 1.165) is 25.9 Å². The first-order valence-electron chi connectivity index (χ1n) is 6.19. The lowest BCUT2D eigenvalue weighted by Gasteiger charge is -2.22. The van der Waals surface area contributed by atoms with Gasteiger partial charge >= 0.3 is 5.97 Å². The van der Waals surface area contributed by atoms with Gasteiger partial charge in [-0.1, -0.05) is 12.1 Å². The molecule has 1 atom stereocenters. The molecule has 2 rings (SSSR count). The minimum atomic E-state index is -0.103. The van der Waals surface area contributed by atoms with Crippen LogP contribution in [0, 0.1) is 0 Å². The quantitative estimate of drug-likeness (QED) is 0.618. The summed E-state index contributed by atoms with van der Waals surface area (Å²) in [5, 5.41) is 0. The predicted octanol–water partition coefficient (Wildman–Crippen LogP) is 2.55. The van der Waals surface area contributed by atoms with Crippen molar-refractivity contribution in [2.45, 2.75) is 30.3 Å². The maximum absolute atomic E-state index is 11.6. The SMILES string of the molecule is COC(=O)C1CCCN1Cc1ccc(SC)cc1. The topological polar surface area (TPSA) is 29.5 Å². The summed E-state index contributed by atoms with van der Waals surface area (Å²) in [6.45, 7) is 1.80. The van der Waals surface area contributed by atoms with Crippen molar-refractivity contribution >= 4 is 17.7 Å². The molecule has 0 aromatic heterocycles. The number of esters is 1. The fourth-order valence-electron chi connectivity index (χ4n) is 2.38. The third-order valence-electron chi connectivity index (χ3n) is 3.38. The molecule has 1 aliphatic rings. The molecule has 0 N–H and O–H groups in total. The summed E-state index contributed by atoms with van der Waals surface area (Å²) < 4.78 is 4.85. The van der Waals surface area contributed by atoms with E-state index in [2.05, 4.69) is 35.4 Å². The van der Waals surface area contributed by atoms with E-state index in [1.165, 1.54) is 17.6 Å². The summed E-state index contributed by atoms with van der Waals surface area (Å²) in [6, 6.07) is 8.47. The number of carbonyl (C=O) groups is 1. The molecule has 4 heteroatoms. The molecule has 18 heavy (non-hydrogen) atoms. The smallest absolute Gasteiger partial charge is 0.323 e. The molecule has 0 spiro atoms. The number of rotatable bonds is 4. The number of ether oxygens (including phenoxy) is 1. The van der Waals surface area contributed by atoms with Gasteiger partial charge in [0.1, 0.15) is 6.04 Å². The minimum absolute atomic E-state index is 0.0600. The molecule has 3 nitrogen and oxygen atoms in total. The second-order valence-corrected chi connectivity index (χ2v) is 5.38. The molecule has 0 amide bonds. The molecule has 1 saturated heterocycles. The summed E-state index contributed by atoms with van der Waals surface area (Å²) in [6.07, 6.45) is 4.06. The van der Waals surface area contributed by atoms with Crippen molar-refractivity contribution in [2.24, 2.45) is 0 Å². The maximum Gasteiger partial charge on any atom is 0.323 e. The summed E-state index contributed by atoms with van der Waals surface area (Å²) in [4.78, 5) is 15.1. The molecule has 0 bridgehead atoms. The Labute approximate surface area is 113 Å². The zero-order valence-corrected chi connectivity index (χ0v) is 11.7. The van der Waals surface area contributed by atoms with Crippen LogP contribution in [0.3, 0.4) is 0 Å². The summed E-state index contributed by atoms with van der Waals surface area (Å²) in [7, 11) is 1.46. The van der Waals surface area contributed by atoms with Crippen LogP contribution in [0.5, 0.6) is 0 Å². The van der Waals surface area contributed by atoms with Crippen molar-refractivity contribution in [3.63, 3.8) is 0 Å². The fraction of sp³-hybridized carbons (Fsp3) is 0.500. The van der Waals surface area contributed by atoms with Gasteiger partial charge in [-0.2, -0.15) is 0 Å². The molecule has 1 aromatic carbocycles. The number of hydrogen-bond donors (Lipinski definition) is 0. The van der Waals surface area contributed by atoms with Gasteiger partial charge in [0, 0.05) is 11.4 Å². The van der Waals surface area contributed by atoms with Gasteiger partial charge < -0.3 is 4.74 Å². The molecule has 1 unspecified atom stereocenters. The van der Waals surface area contributed by atoms with Crippen LogP contribution in [-0.4, -0.2) is 36.8 Å². The Morgan fingerprint density at radius 2 is 2.17 bits per heavy atom. The number of benzene rings is 1. The van der Waals surface area contributed by atoms with Crippen molar-refractivity contribution in [2.75, 3.05) is 19.9 Å². The van der Waals surface area contributed by atoms with Gasteiger partial charge in [-0.3, -0.25) is 9.69 Å². The van der Waals surface area contributed by atoms with Crippen LogP contribution in [0.15, 0.2) is 29.2 Å². The first-order valence-corrected chi connectivity index (χ1v) is 7.42. The number of likely N-dealkylation sites (tertiary alicyclic amines) is 1. The number of carbonyl (C=O) groups excluding carboxylic acids is 1. The maximum atomic E-state index is 11.6. The van der Waals surface area contributed by atoms with E-state index in [4.69, 9.17) is 4.74 Å². The lowest BCUT2D eigenvalue weighted by molar-refractivity contribution is -0.146. The zero-order chi connectivity index (χ0) is 13.0. The average molecular weight is 265 g/mol. The Morgan fingerprint density at radius 3 is 2.78 bits per heavy atom. The monoisotopic (exact) mass is 265 g/mol. The van der Waals surface area contributed by atoms with Crippen molar-refractivity contribution < 1.29 is 9.53 Å². The predicted molar refractivity (Wildman–Crippen MR) is 73.7 cm³/mol. The van der Waals surface area contributed by atoms with Crippen LogP contribution in [0.1, 0.15) is 18.4 Å². The van der Waals surface area contributed by atoms with Crippen molar-refractivity contribution in [3.8, 4) is 0 Å². The standard InChI is InChI=1S/C14H19NO2S/c1-17-14(16)13-4-3-9-15(13)10-11-5-7-12(18-2)8-6-11/h5-8,13H,3-4,9-10H2,1-2H3. The number of nitrogens with zero attached hydrogens (tertiary/aromatic N) is 1. The molecule has 0 radical (unpaired) electrons. The van der Waals surface area contributed by atoms with E-state index in [1.54, 1.807) is 11.8 Å². The van der Waals surface area contributed by atoms with Crippen LogP contribution in [0.4, 0.5) is 0 Å². The highest BCUT2D eigenvalue weighted by Gasteiger charge is 2.31. The van der Waals surface area contributed by atoms with E-state index in [-0.39, 0.29) is 12.0 Å². The Hall–Kier alpha value is -1.00. The Balaban J connectivity index is 2.01. The number of thioether (sulfide) groups is 1. The third kappa shape index (κ3) is 3.06. The molecular weight excluding hydrogens is 246 g/mol. The second kappa shape index (κ2) is 6.25. The van der Waals surface area contributed by atoms with Crippen molar-refractivity contribution in [1.82, 2.24) is 4.90 Å². The second-order valence-electron chi connectivity index (χ2n) is 4.50. The number of hydrogen-bond acceptors (Lipinski definition) is 4. The van der Waals surface area contributed by atoms with Crippen LogP contribution < -0.4 is 0 Å². The Bertz CT molecular complexity index is 405. The summed E-state index contributed by atoms with van der Waals surface area (Å²) >= 11 is 1.74. The number of methoxy groups -OCH3 is 1. The summed E-state index contributed by atoms with van der Waals surface area (Å²) in [5.74, 6) is -0.103. The minimum Gasteiger partial charge on any atom is -0.468 e. The van der Waals surface area contributed by atoms with Crippen LogP contribution in [0.25, 0.3) is 0 Å². The highest BCUT2D eigenvalue weighted by atomic mass is 32.2. The van der Waals surface area contributed by atoms with Gasteiger partial charge in [0.25, 0.3) is 0 Å². The van der Waals surface area contributed by atoms with E-state index < -0.39 is 0 Å². The van der Waals surface area contributed by atoms with Crippen molar-refractivity contribution in [1.29, 1.82) is 0 Å². The van der Waals surface area contributed by atoms with Gasteiger partial charge in [0.2, 0.25) is 0 Å². The first-order chi connectivity index (χ1) is 8.74. The Morgan fingerprint density at radius 1 is 1.44 bits per heavy atom. The first kappa shape index (κ1) is 13.4. The van der Waals surface area contributed by atoms with Crippen LogP contribution in [0.2, 0.25) is 0 Å². The van der Waals surface area contributed by atoms with Gasteiger partial charge in [-0.25, -0.2) is 0 Å². The highest BCUT2D eigenvalue weighted by Crippen LogP contribution is 2.22. The average Bonchev–Trinajstić information content (AvgIpc) is 2.87. The van der Waals surface area contributed by atoms with Gasteiger partial charge in [-0.15, -0.1) is 11.8 Å². The summed E-state index contributed by atoms with van der Waals surface area (Å²) in [5.41, 5.74) is 1.25. The van der Waals surface area contributed by atoms with Gasteiger partial charge in [0.15, 0.2) is 0 Å². The van der Waals surface area contributed by atoms with E-state index in [9.17, 15) is 4.79 Å². The van der Waals surface area contributed by atoms with E-state index in [0.29, 0.717) is 0 Å². The molecule has 0 saturated carbocycles. The van der Waals surface area contributed by atoms with Gasteiger partial charge in [-0.05, 0) is 43.3 Å². The van der Waals surface area contributed by atoms with E-state index in [1.807, 2.05) is 0 Å². The lowest BCUT2D eigenvalue weighted by atomic mass is 10.2. The molecule has 0 aliphatic carbocycles. The van der Waals surface area contributed by atoms with Crippen LogP contribution >= 0.6 is 11.8 Å². The third-order valence-corrected chi connectivity index (χ3v) is 4.13. The van der Waals surface area contributed by atoms with Crippen LogP contribution in [-0.2, 0) is 16.1 Å². The lowest BCUT2D eigenvalue weighted by Crippen LogP contribution is -2.36. The fourth-order valence-corrected chi connectivity index (χ4v) is 2.79. The van der Waals surface area contributed by atoms with Crippen molar-refractivity contribution in [3.05, 3.63) is 29.8 Å².